The lowest BCUT2D eigenvalue weighted by Crippen LogP contribution is -2.00. The van der Waals surface area contributed by atoms with Gasteiger partial charge in [0.1, 0.15) is 11.2 Å². The molecule has 2 aromatic heterocycles. The number of hydrogen-bond donors (Lipinski definition) is 0. The summed E-state index contributed by atoms with van der Waals surface area (Å²) < 4.78 is 6.62. The summed E-state index contributed by atoms with van der Waals surface area (Å²) in [5.74, 6) is 1.91. The van der Waals surface area contributed by atoms with Crippen molar-refractivity contribution in [3.8, 4) is 56.4 Å². The summed E-state index contributed by atoms with van der Waals surface area (Å²) in [6.07, 6.45) is 0. The maximum atomic E-state index is 6.62. The molecule has 4 nitrogen and oxygen atoms in total. The highest BCUT2D eigenvalue weighted by Crippen LogP contribution is 2.43. The summed E-state index contributed by atoms with van der Waals surface area (Å²) >= 11 is 0. The molecule has 55 heavy (non-hydrogen) atoms. The van der Waals surface area contributed by atoms with E-state index < -0.39 is 0 Å². The van der Waals surface area contributed by atoms with Crippen LogP contribution in [-0.4, -0.2) is 15.0 Å². The van der Waals surface area contributed by atoms with Gasteiger partial charge in [0.05, 0.1) is 0 Å². The Labute approximate surface area is 317 Å². The Morgan fingerprint density at radius 3 is 1.47 bits per heavy atom. The van der Waals surface area contributed by atoms with Gasteiger partial charge in [-0.3, -0.25) is 0 Å². The van der Waals surface area contributed by atoms with Gasteiger partial charge in [-0.25, -0.2) is 15.0 Å². The first kappa shape index (κ1) is 31.1. The normalized spacial score (nSPS) is 11.6. The maximum absolute atomic E-state index is 6.62. The van der Waals surface area contributed by atoms with Crippen LogP contribution in [0.2, 0.25) is 0 Å². The van der Waals surface area contributed by atoms with E-state index in [2.05, 4.69) is 188 Å². The fourth-order valence-electron chi connectivity index (χ4n) is 7.96. The summed E-state index contributed by atoms with van der Waals surface area (Å²) in [5, 5.41) is 9.10. The molecule has 0 spiro atoms. The van der Waals surface area contributed by atoms with Crippen molar-refractivity contribution in [2.75, 3.05) is 0 Å². The predicted molar refractivity (Wildman–Crippen MR) is 227 cm³/mol. The maximum Gasteiger partial charge on any atom is 0.164 e. The van der Waals surface area contributed by atoms with E-state index in [-0.39, 0.29) is 0 Å². The molecule has 0 saturated heterocycles. The zero-order valence-corrected chi connectivity index (χ0v) is 29.6. The molecule has 0 atom stereocenters. The summed E-state index contributed by atoms with van der Waals surface area (Å²) in [4.78, 5) is 15.2. The van der Waals surface area contributed by atoms with E-state index in [4.69, 9.17) is 19.4 Å². The number of benzene rings is 9. The zero-order chi connectivity index (χ0) is 36.3. The van der Waals surface area contributed by atoms with E-state index in [0.717, 1.165) is 76.9 Å². The SMILES string of the molecule is c1ccc(-c2cccc3oc4c5ccccc5c(-c5ccc(-c6nc(-c7ccc8ccccc8c7)nc(-c7ccc8ccccc8c7)n6)cc5)cc4c23)cc1. The van der Waals surface area contributed by atoms with Crippen LogP contribution in [0.1, 0.15) is 0 Å². The molecule has 0 fully saturated rings. The highest BCUT2D eigenvalue weighted by atomic mass is 16.3. The van der Waals surface area contributed by atoms with Crippen molar-refractivity contribution in [1.82, 2.24) is 15.0 Å². The summed E-state index contributed by atoms with van der Waals surface area (Å²) in [5.41, 5.74) is 9.17. The van der Waals surface area contributed by atoms with E-state index >= 15 is 0 Å². The number of aromatic nitrogens is 3. The van der Waals surface area contributed by atoms with Crippen molar-refractivity contribution in [2.24, 2.45) is 0 Å². The highest BCUT2D eigenvalue weighted by Gasteiger charge is 2.19. The molecule has 0 aliphatic heterocycles. The predicted octanol–water partition coefficient (Wildman–Crippen LogP) is 13.6. The van der Waals surface area contributed by atoms with E-state index in [1.165, 1.54) is 16.3 Å². The van der Waals surface area contributed by atoms with Gasteiger partial charge in [-0.05, 0) is 73.5 Å². The Morgan fingerprint density at radius 2 is 0.818 bits per heavy atom. The van der Waals surface area contributed by atoms with E-state index in [1.807, 2.05) is 0 Å². The van der Waals surface area contributed by atoms with Crippen LogP contribution in [0.25, 0.3) is 111 Å². The van der Waals surface area contributed by atoms with Gasteiger partial charge in [0, 0.05) is 32.8 Å². The Balaban J connectivity index is 1.07. The fourth-order valence-corrected chi connectivity index (χ4v) is 7.96. The van der Waals surface area contributed by atoms with Crippen LogP contribution < -0.4 is 0 Å². The second-order valence-corrected chi connectivity index (χ2v) is 14.0. The number of nitrogens with zero attached hydrogens (tertiary/aromatic N) is 3. The van der Waals surface area contributed by atoms with Crippen LogP contribution in [0.4, 0.5) is 0 Å². The molecule has 9 aromatic carbocycles. The lowest BCUT2D eigenvalue weighted by Gasteiger charge is -2.11. The van der Waals surface area contributed by atoms with E-state index in [9.17, 15) is 0 Å². The van der Waals surface area contributed by atoms with Gasteiger partial charge in [-0.1, -0.05) is 164 Å². The Hall–Kier alpha value is -7.43. The quantitative estimate of drug-likeness (QED) is 0.179. The van der Waals surface area contributed by atoms with Crippen LogP contribution in [0.15, 0.2) is 192 Å². The smallest absolute Gasteiger partial charge is 0.164 e. The van der Waals surface area contributed by atoms with Gasteiger partial charge in [0.2, 0.25) is 0 Å². The van der Waals surface area contributed by atoms with Crippen molar-refractivity contribution in [3.63, 3.8) is 0 Å². The molecule has 0 saturated carbocycles. The molecule has 0 aliphatic rings. The Bertz CT molecular complexity index is 3160. The molecule has 0 bridgehead atoms. The monoisotopic (exact) mass is 701 g/mol. The van der Waals surface area contributed by atoms with Gasteiger partial charge in [0.25, 0.3) is 0 Å². The molecule has 0 N–H and O–H groups in total. The molecule has 256 valence electrons. The van der Waals surface area contributed by atoms with Gasteiger partial charge in [-0.2, -0.15) is 0 Å². The number of furan rings is 1. The summed E-state index contributed by atoms with van der Waals surface area (Å²) in [6.45, 7) is 0. The van der Waals surface area contributed by atoms with Gasteiger partial charge < -0.3 is 4.42 Å². The number of fused-ring (bicyclic) bond motifs is 7. The number of hydrogen-bond acceptors (Lipinski definition) is 4. The minimum absolute atomic E-state index is 0.626. The van der Waals surface area contributed by atoms with Crippen LogP contribution in [-0.2, 0) is 0 Å². The third-order valence-corrected chi connectivity index (χ3v) is 10.7. The van der Waals surface area contributed by atoms with Gasteiger partial charge in [0.15, 0.2) is 17.5 Å². The van der Waals surface area contributed by atoms with E-state index in [1.54, 1.807) is 0 Å². The molecule has 0 unspecified atom stereocenters. The highest BCUT2D eigenvalue weighted by molar-refractivity contribution is 6.22. The lowest BCUT2D eigenvalue weighted by molar-refractivity contribution is 0.673. The first-order valence-electron chi connectivity index (χ1n) is 18.5. The van der Waals surface area contributed by atoms with Crippen molar-refractivity contribution in [3.05, 3.63) is 188 Å². The Morgan fingerprint density at radius 1 is 0.309 bits per heavy atom. The molecular formula is C51H31N3O. The fraction of sp³-hybridized carbons (Fsp3) is 0. The standard InChI is InChI=1S/C51H31N3O/c1-2-13-34(14-3-1)41-19-10-20-46-47(41)45-31-44(42-17-8-9-18-43(42)48(45)55-46)35-23-25-36(26-24-35)49-52-50(39-27-21-32-11-4-6-15-37(32)29-39)54-51(53-49)40-28-22-33-12-5-7-16-38(33)30-40/h1-31H. The topological polar surface area (TPSA) is 51.8 Å². The van der Waals surface area contributed by atoms with Crippen molar-refractivity contribution < 1.29 is 4.42 Å². The van der Waals surface area contributed by atoms with Crippen molar-refractivity contribution >= 4 is 54.3 Å². The molecule has 11 rings (SSSR count). The second kappa shape index (κ2) is 12.6. The summed E-state index contributed by atoms with van der Waals surface area (Å²) in [7, 11) is 0. The average Bonchev–Trinajstić information content (AvgIpc) is 3.65. The lowest BCUT2D eigenvalue weighted by atomic mass is 9.93. The molecule has 11 aromatic rings. The largest absolute Gasteiger partial charge is 0.455 e. The molecule has 4 heteroatoms. The summed E-state index contributed by atoms with van der Waals surface area (Å²) in [6, 6.07) is 65.8. The molecular weight excluding hydrogens is 671 g/mol. The van der Waals surface area contributed by atoms with Crippen molar-refractivity contribution in [1.29, 1.82) is 0 Å². The minimum atomic E-state index is 0.626. The average molecular weight is 702 g/mol. The Kier molecular flexibility index (Phi) is 7.14. The molecule has 2 heterocycles. The van der Waals surface area contributed by atoms with Crippen LogP contribution >= 0.6 is 0 Å². The third-order valence-electron chi connectivity index (χ3n) is 10.7. The van der Waals surface area contributed by atoms with Crippen LogP contribution in [0.5, 0.6) is 0 Å². The van der Waals surface area contributed by atoms with Gasteiger partial charge in [-0.15, -0.1) is 0 Å². The van der Waals surface area contributed by atoms with Gasteiger partial charge >= 0.3 is 0 Å². The van der Waals surface area contributed by atoms with Crippen LogP contribution in [0.3, 0.4) is 0 Å². The second-order valence-electron chi connectivity index (χ2n) is 14.0. The first-order valence-corrected chi connectivity index (χ1v) is 18.5. The molecule has 0 amide bonds. The van der Waals surface area contributed by atoms with Crippen LogP contribution in [0, 0.1) is 0 Å². The number of rotatable bonds is 5. The minimum Gasteiger partial charge on any atom is -0.455 e. The molecule has 0 aliphatic carbocycles. The molecule has 0 radical (unpaired) electrons. The van der Waals surface area contributed by atoms with E-state index in [0.29, 0.717) is 17.5 Å². The first-order chi connectivity index (χ1) is 27.2. The van der Waals surface area contributed by atoms with Crippen molar-refractivity contribution in [2.45, 2.75) is 0 Å². The zero-order valence-electron chi connectivity index (χ0n) is 29.6. The third kappa shape index (κ3) is 5.34.